The summed E-state index contributed by atoms with van der Waals surface area (Å²) in [7, 11) is 3.19. The fourth-order valence-electron chi connectivity index (χ4n) is 2.89. The first-order chi connectivity index (χ1) is 9.69. The molecule has 106 valence electrons. The third-order valence-corrected chi connectivity index (χ3v) is 4.08. The Morgan fingerprint density at radius 3 is 2.75 bits per heavy atom. The predicted molar refractivity (Wildman–Crippen MR) is 75.0 cm³/mol. The molecule has 4 nitrogen and oxygen atoms in total. The number of fused-ring (bicyclic) bond motifs is 1. The van der Waals surface area contributed by atoms with Crippen molar-refractivity contribution >= 4 is 11.9 Å². The number of hydrogen-bond donors (Lipinski definition) is 0. The second kappa shape index (κ2) is 4.94. The van der Waals surface area contributed by atoms with Crippen LogP contribution in [0.5, 0.6) is 11.5 Å². The molecule has 1 saturated carbocycles. The van der Waals surface area contributed by atoms with Gasteiger partial charge in [0, 0.05) is 0 Å². The van der Waals surface area contributed by atoms with Gasteiger partial charge in [0.1, 0.15) is 0 Å². The lowest BCUT2D eigenvalue weighted by atomic mass is 10.0. The van der Waals surface area contributed by atoms with E-state index < -0.39 is 5.60 Å². The second-order valence-corrected chi connectivity index (χ2v) is 5.20. The number of rotatable bonds is 5. The van der Waals surface area contributed by atoms with Crippen LogP contribution in [-0.4, -0.2) is 31.7 Å². The molecule has 1 aliphatic heterocycles. The standard InChI is InChI=1S/C16H18O4/c1-18-12-7-5-11(10-13(12)19-2)6-8-14(17)16-9-3-4-15(16)20-16/h5-8,10,15H,3-4,9H2,1-2H3/b8-6+/t15-,16+/m1/s1. The zero-order chi connectivity index (χ0) is 14.2. The topological polar surface area (TPSA) is 48.1 Å². The van der Waals surface area contributed by atoms with E-state index in [1.807, 2.05) is 18.2 Å². The van der Waals surface area contributed by atoms with Crippen LogP contribution in [0.3, 0.4) is 0 Å². The van der Waals surface area contributed by atoms with Crippen molar-refractivity contribution in [1.29, 1.82) is 0 Å². The van der Waals surface area contributed by atoms with E-state index in [4.69, 9.17) is 14.2 Å². The Labute approximate surface area is 118 Å². The van der Waals surface area contributed by atoms with E-state index in [9.17, 15) is 4.79 Å². The molecule has 2 fully saturated rings. The van der Waals surface area contributed by atoms with Gasteiger partial charge in [-0.15, -0.1) is 0 Å². The van der Waals surface area contributed by atoms with Gasteiger partial charge in [-0.05, 0) is 43.0 Å². The Kier molecular flexibility index (Phi) is 3.26. The predicted octanol–water partition coefficient (Wildman–Crippen LogP) is 2.61. The number of methoxy groups -OCH3 is 2. The Bertz CT molecular complexity index is 564. The maximum absolute atomic E-state index is 12.2. The number of hydrogen-bond acceptors (Lipinski definition) is 4. The third kappa shape index (κ3) is 2.10. The summed E-state index contributed by atoms with van der Waals surface area (Å²) in [5, 5.41) is 0. The van der Waals surface area contributed by atoms with E-state index >= 15 is 0 Å². The van der Waals surface area contributed by atoms with Crippen LogP contribution in [0.15, 0.2) is 24.3 Å². The lowest BCUT2D eigenvalue weighted by Gasteiger charge is -2.07. The molecular formula is C16H18O4. The molecule has 2 aliphatic rings. The van der Waals surface area contributed by atoms with Gasteiger partial charge in [-0.2, -0.15) is 0 Å². The van der Waals surface area contributed by atoms with Gasteiger partial charge >= 0.3 is 0 Å². The van der Waals surface area contributed by atoms with Crippen molar-refractivity contribution in [3.63, 3.8) is 0 Å². The molecule has 0 bridgehead atoms. The first-order valence-corrected chi connectivity index (χ1v) is 6.82. The molecule has 1 aliphatic carbocycles. The fraction of sp³-hybridized carbons (Fsp3) is 0.438. The smallest absolute Gasteiger partial charge is 0.190 e. The first kappa shape index (κ1) is 13.2. The van der Waals surface area contributed by atoms with Gasteiger partial charge in [-0.3, -0.25) is 4.79 Å². The largest absolute Gasteiger partial charge is 0.493 e. The Morgan fingerprint density at radius 1 is 1.35 bits per heavy atom. The van der Waals surface area contributed by atoms with Gasteiger partial charge in [0.2, 0.25) is 0 Å². The van der Waals surface area contributed by atoms with E-state index in [1.165, 1.54) is 0 Å². The van der Waals surface area contributed by atoms with Crippen LogP contribution in [0.4, 0.5) is 0 Å². The lowest BCUT2D eigenvalue weighted by molar-refractivity contribution is -0.119. The molecule has 20 heavy (non-hydrogen) atoms. The number of benzene rings is 1. The van der Waals surface area contributed by atoms with Gasteiger partial charge in [-0.1, -0.05) is 12.1 Å². The number of carbonyl (C=O) groups excluding carboxylic acids is 1. The van der Waals surface area contributed by atoms with E-state index in [-0.39, 0.29) is 11.9 Å². The van der Waals surface area contributed by atoms with Crippen molar-refractivity contribution < 1.29 is 19.0 Å². The van der Waals surface area contributed by atoms with Crippen LogP contribution in [0.25, 0.3) is 6.08 Å². The van der Waals surface area contributed by atoms with Crippen molar-refractivity contribution in [3.05, 3.63) is 29.8 Å². The van der Waals surface area contributed by atoms with Crippen molar-refractivity contribution in [1.82, 2.24) is 0 Å². The average molecular weight is 274 g/mol. The van der Waals surface area contributed by atoms with Crippen molar-refractivity contribution in [2.75, 3.05) is 14.2 Å². The Balaban J connectivity index is 1.74. The van der Waals surface area contributed by atoms with E-state index in [0.29, 0.717) is 11.5 Å². The quantitative estimate of drug-likeness (QED) is 0.611. The Morgan fingerprint density at radius 2 is 2.15 bits per heavy atom. The van der Waals surface area contributed by atoms with E-state index in [1.54, 1.807) is 26.4 Å². The molecule has 0 unspecified atom stereocenters. The number of ketones is 1. The monoisotopic (exact) mass is 274 g/mol. The van der Waals surface area contributed by atoms with Crippen LogP contribution in [0, 0.1) is 0 Å². The summed E-state index contributed by atoms with van der Waals surface area (Å²) in [5.41, 5.74) is 0.412. The average Bonchev–Trinajstić information content (AvgIpc) is 3.06. The maximum atomic E-state index is 12.2. The first-order valence-electron chi connectivity index (χ1n) is 6.82. The van der Waals surface area contributed by atoms with Crippen LogP contribution in [0.1, 0.15) is 24.8 Å². The molecule has 3 rings (SSSR count). The van der Waals surface area contributed by atoms with Gasteiger partial charge in [0.25, 0.3) is 0 Å². The highest BCUT2D eigenvalue weighted by Gasteiger charge is 2.63. The van der Waals surface area contributed by atoms with Crippen LogP contribution in [0.2, 0.25) is 0 Å². The molecule has 0 N–H and O–H groups in total. The molecule has 0 amide bonds. The van der Waals surface area contributed by atoms with E-state index in [2.05, 4.69) is 0 Å². The normalized spacial score (nSPS) is 27.4. The zero-order valence-electron chi connectivity index (χ0n) is 11.7. The van der Waals surface area contributed by atoms with Crippen LogP contribution < -0.4 is 9.47 Å². The molecule has 2 atom stereocenters. The minimum Gasteiger partial charge on any atom is -0.493 e. The van der Waals surface area contributed by atoms with Crippen LogP contribution >= 0.6 is 0 Å². The molecule has 0 radical (unpaired) electrons. The van der Waals surface area contributed by atoms with Gasteiger partial charge < -0.3 is 14.2 Å². The zero-order valence-corrected chi connectivity index (χ0v) is 11.7. The molecule has 1 aromatic carbocycles. The SMILES string of the molecule is COc1ccc(/C=C/C(=O)[C@@]23CCC[C@H]2O3)cc1OC. The number of ether oxygens (including phenoxy) is 3. The highest BCUT2D eigenvalue weighted by atomic mass is 16.6. The molecule has 4 heteroatoms. The molecule has 0 spiro atoms. The summed E-state index contributed by atoms with van der Waals surface area (Å²) in [4.78, 5) is 12.2. The molecule has 1 saturated heterocycles. The van der Waals surface area contributed by atoms with E-state index in [0.717, 1.165) is 24.8 Å². The van der Waals surface area contributed by atoms with Crippen LogP contribution in [-0.2, 0) is 9.53 Å². The highest BCUT2D eigenvalue weighted by Crippen LogP contribution is 2.50. The molecule has 0 aromatic heterocycles. The summed E-state index contributed by atoms with van der Waals surface area (Å²) in [6.45, 7) is 0. The summed E-state index contributed by atoms with van der Waals surface area (Å²) < 4.78 is 16.0. The number of carbonyl (C=O) groups is 1. The molecular weight excluding hydrogens is 256 g/mol. The second-order valence-electron chi connectivity index (χ2n) is 5.20. The van der Waals surface area contributed by atoms with Gasteiger partial charge in [0.15, 0.2) is 22.9 Å². The molecule has 1 heterocycles. The summed E-state index contributed by atoms with van der Waals surface area (Å²) in [6, 6.07) is 5.57. The van der Waals surface area contributed by atoms with Crippen molar-refractivity contribution in [2.24, 2.45) is 0 Å². The summed E-state index contributed by atoms with van der Waals surface area (Å²) in [5.74, 6) is 1.41. The summed E-state index contributed by atoms with van der Waals surface area (Å²) >= 11 is 0. The van der Waals surface area contributed by atoms with Crippen molar-refractivity contribution in [3.8, 4) is 11.5 Å². The minimum atomic E-state index is -0.493. The van der Waals surface area contributed by atoms with Gasteiger partial charge in [-0.25, -0.2) is 0 Å². The number of epoxide rings is 1. The fourth-order valence-corrected chi connectivity index (χ4v) is 2.89. The third-order valence-electron chi connectivity index (χ3n) is 4.08. The van der Waals surface area contributed by atoms with Crippen molar-refractivity contribution in [2.45, 2.75) is 31.0 Å². The minimum absolute atomic E-state index is 0.0785. The Hall–Kier alpha value is -1.81. The maximum Gasteiger partial charge on any atom is 0.190 e. The summed E-state index contributed by atoms with van der Waals surface area (Å²) in [6.07, 6.45) is 6.52. The highest BCUT2D eigenvalue weighted by molar-refractivity contribution is 6.02. The lowest BCUT2D eigenvalue weighted by Crippen LogP contribution is -2.21. The molecule has 1 aromatic rings. The van der Waals surface area contributed by atoms with Gasteiger partial charge in [0.05, 0.1) is 20.3 Å².